The van der Waals surface area contributed by atoms with Crippen molar-refractivity contribution in [1.82, 2.24) is 9.21 Å². The van der Waals surface area contributed by atoms with E-state index in [1.54, 1.807) is 48.2 Å². The number of para-hydroxylation sites is 2. The van der Waals surface area contributed by atoms with E-state index in [2.05, 4.69) is 10.6 Å². The van der Waals surface area contributed by atoms with Crippen LogP contribution in [0.5, 0.6) is 11.5 Å². The summed E-state index contributed by atoms with van der Waals surface area (Å²) in [6, 6.07) is 26.9. The normalized spacial score (nSPS) is 17.0. The molecule has 0 aliphatic carbocycles. The summed E-state index contributed by atoms with van der Waals surface area (Å²) in [5.41, 5.74) is 2.74. The lowest BCUT2D eigenvalue weighted by molar-refractivity contribution is 0.0389. The molecule has 0 saturated heterocycles. The summed E-state index contributed by atoms with van der Waals surface area (Å²) in [5.74, 6) is -0.115. The third kappa shape index (κ3) is 7.46. The molecule has 4 aromatic rings. The Bertz CT molecular complexity index is 1850. The molecule has 11 nitrogen and oxygen atoms in total. The monoisotopic (exact) mass is 672 g/mol. The summed E-state index contributed by atoms with van der Waals surface area (Å²) in [5, 5.41) is 15.8. The molecule has 0 fully saturated rings. The van der Waals surface area contributed by atoms with E-state index in [1.807, 2.05) is 55.5 Å². The molecule has 12 heteroatoms. The van der Waals surface area contributed by atoms with E-state index in [-0.39, 0.29) is 53.4 Å². The van der Waals surface area contributed by atoms with Crippen LogP contribution in [-0.2, 0) is 10.0 Å². The van der Waals surface area contributed by atoms with Crippen molar-refractivity contribution in [3.63, 3.8) is 0 Å². The van der Waals surface area contributed by atoms with Gasteiger partial charge in [-0.25, -0.2) is 13.2 Å². The number of carbonyl (C=O) groups excluding carboxylic acids is 2. The summed E-state index contributed by atoms with van der Waals surface area (Å²) in [4.78, 5) is 29.0. The van der Waals surface area contributed by atoms with Gasteiger partial charge >= 0.3 is 6.03 Å². The third-order valence-electron chi connectivity index (χ3n) is 8.40. The lowest BCUT2D eigenvalue weighted by atomic mass is 9.99. The average molecular weight is 673 g/mol. The molecular weight excluding hydrogens is 632 g/mol. The maximum Gasteiger partial charge on any atom is 0.323 e. The molecule has 0 bridgehead atoms. The Morgan fingerprint density at radius 1 is 0.958 bits per heavy atom. The lowest BCUT2D eigenvalue weighted by Gasteiger charge is -2.38. The van der Waals surface area contributed by atoms with Crippen molar-refractivity contribution < 1.29 is 32.6 Å². The Kier molecular flexibility index (Phi) is 10.7. The van der Waals surface area contributed by atoms with E-state index in [4.69, 9.17) is 9.47 Å². The molecule has 0 saturated carbocycles. The Morgan fingerprint density at radius 2 is 1.58 bits per heavy atom. The number of nitrogens with zero attached hydrogens (tertiary/aromatic N) is 2. The summed E-state index contributed by atoms with van der Waals surface area (Å²) < 4.78 is 40.0. The Hall–Kier alpha value is -4.91. The highest BCUT2D eigenvalue weighted by molar-refractivity contribution is 7.89. The van der Waals surface area contributed by atoms with Gasteiger partial charge in [-0.3, -0.25) is 4.79 Å². The number of hydrogen-bond acceptors (Lipinski definition) is 7. The first kappa shape index (κ1) is 34.4. The molecule has 1 aliphatic rings. The van der Waals surface area contributed by atoms with Crippen LogP contribution >= 0.6 is 0 Å². The maximum absolute atomic E-state index is 13.9. The molecule has 3 atom stereocenters. The van der Waals surface area contributed by atoms with Crippen LogP contribution in [0.1, 0.15) is 24.2 Å². The van der Waals surface area contributed by atoms with Crippen molar-refractivity contribution in [3.8, 4) is 22.6 Å². The highest BCUT2D eigenvalue weighted by Crippen LogP contribution is 2.36. The number of aliphatic hydroxyl groups is 1. The van der Waals surface area contributed by atoms with Crippen LogP contribution in [-0.4, -0.2) is 80.7 Å². The van der Waals surface area contributed by atoms with Gasteiger partial charge in [0.25, 0.3) is 5.91 Å². The van der Waals surface area contributed by atoms with Gasteiger partial charge < -0.3 is 30.1 Å². The highest BCUT2D eigenvalue weighted by atomic mass is 32.2. The molecule has 3 N–H and O–H groups in total. The number of hydrogen-bond donors (Lipinski definition) is 3. The predicted octanol–water partition coefficient (Wildman–Crippen LogP) is 5.55. The van der Waals surface area contributed by atoms with Gasteiger partial charge in [0.1, 0.15) is 11.9 Å². The number of sulfonamides is 1. The molecule has 0 spiro atoms. The zero-order valence-corrected chi connectivity index (χ0v) is 28.1. The Morgan fingerprint density at radius 3 is 2.27 bits per heavy atom. The minimum Gasteiger partial charge on any atom is -0.497 e. The first-order valence-corrected chi connectivity index (χ1v) is 17.0. The van der Waals surface area contributed by atoms with E-state index in [0.29, 0.717) is 11.4 Å². The van der Waals surface area contributed by atoms with Crippen molar-refractivity contribution in [1.29, 1.82) is 0 Å². The standard InChI is InChI=1S/C36H40N4O7S/c1-24-21-40(25(2)23-41)35(42)30-14-10-16-32(38-36(43)37-31-15-9-8-13-29(31)26-11-6-5-7-12-26)34(30)47-33(24)22-39(3)48(44,45)28-19-17-27(46-4)18-20-28/h5-20,24-25,33,41H,21-23H2,1-4H3,(H2,37,38,43)/t24-,25+,33+/m1/s1. The van der Waals surface area contributed by atoms with Gasteiger partial charge in [0.2, 0.25) is 10.0 Å². The molecule has 4 aromatic carbocycles. The summed E-state index contributed by atoms with van der Waals surface area (Å²) in [6.45, 7) is 3.47. The molecule has 0 aromatic heterocycles. The summed E-state index contributed by atoms with van der Waals surface area (Å²) >= 11 is 0. The predicted molar refractivity (Wildman–Crippen MR) is 185 cm³/mol. The smallest absolute Gasteiger partial charge is 0.323 e. The second kappa shape index (κ2) is 14.9. The van der Waals surface area contributed by atoms with Crippen molar-refractivity contribution in [2.24, 2.45) is 5.92 Å². The van der Waals surface area contributed by atoms with Crippen molar-refractivity contribution >= 4 is 33.3 Å². The molecule has 0 radical (unpaired) electrons. The van der Waals surface area contributed by atoms with Gasteiger partial charge in [0, 0.05) is 25.1 Å². The van der Waals surface area contributed by atoms with E-state index in [0.717, 1.165) is 11.1 Å². The van der Waals surface area contributed by atoms with E-state index >= 15 is 0 Å². The van der Waals surface area contributed by atoms with Gasteiger partial charge in [0.15, 0.2) is 5.75 Å². The molecule has 5 rings (SSSR count). The fourth-order valence-corrected chi connectivity index (χ4v) is 6.76. The van der Waals surface area contributed by atoms with E-state index in [1.165, 1.54) is 30.6 Å². The molecular formula is C36H40N4O7S. The van der Waals surface area contributed by atoms with Gasteiger partial charge in [-0.15, -0.1) is 0 Å². The van der Waals surface area contributed by atoms with Crippen LogP contribution in [0.3, 0.4) is 0 Å². The number of fused-ring (bicyclic) bond motifs is 1. The van der Waals surface area contributed by atoms with Crippen LogP contribution < -0.4 is 20.1 Å². The van der Waals surface area contributed by atoms with Crippen LogP contribution in [0.25, 0.3) is 11.1 Å². The number of anilines is 2. The molecule has 0 unspecified atom stereocenters. The number of amides is 3. The number of aliphatic hydroxyl groups excluding tert-OH is 1. The Balaban J connectivity index is 1.46. The number of rotatable bonds is 10. The number of ether oxygens (including phenoxy) is 2. The van der Waals surface area contributed by atoms with E-state index in [9.17, 15) is 23.1 Å². The Labute approximate surface area is 281 Å². The summed E-state index contributed by atoms with van der Waals surface area (Å²) in [7, 11) is -0.952. The lowest BCUT2D eigenvalue weighted by Crippen LogP contribution is -2.50. The third-order valence-corrected chi connectivity index (χ3v) is 10.2. The minimum absolute atomic E-state index is 0.0600. The van der Waals surface area contributed by atoms with Crippen LogP contribution in [0.2, 0.25) is 0 Å². The van der Waals surface area contributed by atoms with E-state index < -0.39 is 28.2 Å². The van der Waals surface area contributed by atoms with Crippen molar-refractivity contribution in [3.05, 3.63) is 103 Å². The van der Waals surface area contributed by atoms with Crippen molar-refractivity contribution in [2.45, 2.75) is 30.9 Å². The van der Waals surface area contributed by atoms with Gasteiger partial charge in [-0.1, -0.05) is 61.5 Å². The zero-order valence-electron chi connectivity index (χ0n) is 27.3. The van der Waals surface area contributed by atoms with Gasteiger partial charge in [0.05, 0.1) is 48.1 Å². The molecule has 1 heterocycles. The van der Waals surface area contributed by atoms with Crippen LogP contribution in [0.4, 0.5) is 16.2 Å². The number of carbonyl (C=O) groups is 2. The number of methoxy groups -OCH3 is 1. The zero-order chi connectivity index (χ0) is 34.4. The molecule has 3 amide bonds. The van der Waals surface area contributed by atoms with Crippen molar-refractivity contribution in [2.75, 3.05) is 44.5 Å². The highest BCUT2D eigenvalue weighted by Gasteiger charge is 2.36. The SMILES string of the molecule is COc1ccc(S(=O)(=O)N(C)C[C@@H]2Oc3c(NC(=O)Nc4ccccc4-c4ccccc4)cccc3C(=O)N([C@@H](C)CO)C[C@H]2C)cc1. The number of likely N-dealkylation sites (N-methyl/N-ethyl adjacent to an activating group) is 1. The fraction of sp³-hybridized carbons (Fsp3) is 0.278. The maximum atomic E-state index is 13.9. The topological polar surface area (TPSA) is 138 Å². The largest absolute Gasteiger partial charge is 0.497 e. The second-order valence-corrected chi connectivity index (χ2v) is 13.8. The van der Waals surface area contributed by atoms with Gasteiger partial charge in [-0.05, 0) is 55.0 Å². The van der Waals surface area contributed by atoms with Crippen LogP contribution in [0.15, 0.2) is 102 Å². The van der Waals surface area contributed by atoms with Crippen LogP contribution in [0, 0.1) is 5.92 Å². The molecule has 48 heavy (non-hydrogen) atoms. The fourth-order valence-electron chi connectivity index (χ4n) is 5.58. The second-order valence-electron chi connectivity index (χ2n) is 11.8. The first-order chi connectivity index (χ1) is 23.0. The average Bonchev–Trinajstić information content (AvgIpc) is 3.10. The first-order valence-electron chi connectivity index (χ1n) is 15.6. The quantitative estimate of drug-likeness (QED) is 0.201. The summed E-state index contributed by atoms with van der Waals surface area (Å²) in [6.07, 6.45) is -0.743. The number of benzene rings is 4. The number of nitrogens with one attached hydrogen (secondary N) is 2. The number of urea groups is 1. The van der Waals surface area contributed by atoms with Gasteiger partial charge in [-0.2, -0.15) is 4.31 Å². The minimum atomic E-state index is -3.92. The molecule has 1 aliphatic heterocycles. The molecule has 252 valence electrons.